The lowest BCUT2D eigenvalue weighted by atomic mass is 9.97. The molecule has 1 saturated heterocycles. The Bertz CT molecular complexity index is 588. The number of nitrogens with one attached hydrogen (secondary N) is 1. The maximum atomic E-state index is 9.95. The molecule has 1 aliphatic rings. The molecule has 1 aromatic heterocycles. The molecule has 0 radical (unpaired) electrons. The maximum Gasteiger partial charge on any atom is 0.0958 e. The number of fused-ring (bicyclic) bond motifs is 1. The van der Waals surface area contributed by atoms with Crippen LogP contribution >= 0.6 is 24.8 Å². The van der Waals surface area contributed by atoms with Gasteiger partial charge in [-0.3, -0.25) is 0 Å². The molecule has 4 nitrogen and oxygen atoms in total. The van der Waals surface area contributed by atoms with Gasteiger partial charge in [0.25, 0.3) is 0 Å². The molecule has 0 spiro atoms. The second-order valence-corrected chi connectivity index (χ2v) is 5.84. The van der Waals surface area contributed by atoms with E-state index in [4.69, 9.17) is 0 Å². The third-order valence-electron chi connectivity index (χ3n) is 4.24. The number of halogens is 2. The van der Waals surface area contributed by atoms with Gasteiger partial charge in [0.05, 0.1) is 23.5 Å². The zero-order valence-electron chi connectivity index (χ0n) is 12.9. The van der Waals surface area contributed by atoms with E-state index in [0.717, 1.165) is 44.3 Å². The summed E-state index contributed by atoms with van der Waals surface area (Å²) in [6.45, 7) is 4.09. The molecule has 124 valence electrons. The molecule has 1 aromatic carbocycles. The van der Waals surface area contributed by atoms with Gasteiger partial charge in [0, 0.05) is 12.6 Å². The van der Waals surface area contributed by atoms with E-state index in [1.807, 2.05) is 6.33 Å². The fraction of sp³-hybridized carbons (Fsp3) is 0.562. The van der Waals surface area contributed by atoms with E-state index in [-0.39, 0.29) is 37.0 Å². The van der Waals surface area contributed by atoms with Gasteiger partial charge in [0.2, 0.25) is 0 Å². The summed E-state index contributed by atoms with van der Waals surface area (Å²) >= 11 is 0. The highest BCUT2D eigenvalue weighted by molar-refractivity contribution is 5.85. The summed E-state index contributed by atoms with van der Waals surface area (Å²) in [5.41, 5.74) is 3.52. The van der Waals surface area contributed by atoms with Crippen LogP contribution in [0.15, 0.2) is 24.5 Å². The van der Waals surface area contributed by atoms with Crippen molar-refractivity contribution in [1.82, 2.24) is 14.9 Å². The van der Waals surface area contributed by atoms with E-state index < -0.39 is 0 Å². The average Bonchev–Trinajstić information content (AvgIpc) is 2.83. The summed E-state index contributed by atoms with van der Waals surface area (Å²) in [5.74, 6) is 0. The van der Waals surface area contributed by atoms with E-state index >= 15 is 0 Å². The van der Waals surface area contributed by atoms with Gasteiger partial charge >= 0.3 is 0 Å². The van der Waals surface area contributed by atoms with Gasteiger partial charge in [0.15, 0.2) is 0 Å². The molecule has 2 atom stereocenters. The van der Waals surface area contributed by atoms with Crippen LogP contribution in [0.1, 0.15) is 31.2 Å². The predicted octanol–water partition coefficient (Wildman–Crippen LogP) is 3.08. The Balaban J connectivity index is 0.00000121. The number of piperidine rings is 1. The van der Waals surface area contributed by atoms with Crippen molar-refractivity contribution >= 4 is 35.8 Å². The molecule has 1 fully saturated rings. The smallest absolute Gasteiger partial charge is 0.0958 e. The number of aromatic nitrogens is 2. The zero-order chi connectivity index (χ0) is 13.9. The Morgan fingerprint density at radius 3 is 2.95 bits per heavy atom. The number of benzene rings is 1. The van der Waals surface area contributed by atoms with Crippen molar-refractivity contribution in [2.75, 3.05) is 6.54 Å². The lowest BCUT2D eigenvalue weighted by molar-refractivity contribution is 0.0909. The van der Waals surface area contributed by atoms with Crippen LogP contribution in [0.25, 0.3) is 11.0 Å². The zero-order valence-corrected chi connectivity index (χ0v) is 14.5. The molecule has 2 heterocycles. The fourth-order valence-electron chi connectivity index (χ4n) is 3.06. The first-order chi connectivity index (χ1) is 9.74. The van der Waals surface area contributed by atoms with E-state index in [9.17, 15) is 5.11 Å². The first-order valence-corrected chi connectivity index (χ1v) is 7.57. The average molecular weight is 346 g/mol. The number of hydrogen-bond donors (Lipinski definition) is 2. The molecule has 0 saturated carbocycles. The van der Waals surface area contributed by atoms with Crippen LogP contribution in [0.4, 0.5) is 0 Å². The van der Waals surface area contributed by atoms with E-state index in [0.29, 0.717) is 0 Å². The minimum Gasteiger partial charge on any atom is -0.392 e. The molecule has 22 heavy (non-hydrogen) atoms. The molecule has 2 aromatic rings. The molecule has 1 aliphatic heterocycles. The minimum absolute atomic E-state index is 0. The highest BCUT2D eigenvalue weighted by Gasteiger charge is 2.21. The molecular weight excluding hydrogens is 321 g/mol. The Labute approximate surface area is 144 Å². The van der Waals surface area contributed by atoms with Gasteiger partial charge in [-0.1, -0.05) is 6.07 Å². The summed E-state index contributed by atoms with van der Waals surface area (Å²) in [7, 11) is 0. The minimum atomic E-state index is -0.175. The lowest BCUT2D eigenvalue weighted by Crippen LogP contribution is -2.44. The third-order valence-corrected chi connectivity index (χ3v) is 4.24. The van der Waals surface area contributed by atoms with Crippen molar-refractivity contribution in [3.63, 3.8) is 0 Å². The van der Waals surface area contributed by atoms with Crippen molar-refractivity contribution in [1.29, 1.82) is 0 Å². The summed E-state index contributed by atoms with van der Waals surface area (Å²) in [5, 5.41) is 13.4. The van der Waals surface area contributed by atoms with Gasteiger partial charge < -0.3 is 15.0 Å². The normalized spacial score (nSPS) is 21.2. The van der Waals surface area contributed by atoms with E-state index in [1.165, 1.54) is 11.1 Å². The van der Waals surface area contributed by atoms with Crippen LogP contribution in [0.5, 0.6) is 0 Å². The van der Waals surface area contributed by atoms with Crippen LogP contribution < -0.4 is 5.32 Å². The second-order valence-electron chi connectivity index (χ2n) is 5.84. The summed E-state index contributed by atoms with van der Waals surface area (Å²) in [6.07, 6.45) is 5.86. The number of imidazole rings is 1. The van der Waals surface area contributed by atoms with Gasteiger partial charge in [-0.25, -0.2) is 4.98 Å². The number of aliphatic hydroxyl groups excluding tert-OH is 1. The molecule has 0 unspecified atom stereocenters. The third kappa shape index (κ3) is 4.35. The van der Waals surface area contributed by atoms with Crippen molar-refractivity contribution in [2.45, 2.75) is 51.3 Å². The monoisotopic (exact) mass is 345 g/mol. The Morgan fingerprint density at radius 2 is 2.18 bits per heavy atom. The van der Waals surface area contributed by atoms with Crippen molar-refractivity contribution < 1.29 is 5.11 Å². The molecule has 3 rings (SSSR count). The molecule has 2 N–H and O–H groups in total. The van der Waals surface area contributed by atoms with Crippen molar-refractivity contribution in [3.05, 3.63) is 30.1 Å². The number of hydrogen-bond acceptors (Lipinski definition) is 3. The van der Waals surface area contributed by atoms with Crippen LogP contribution in [-0.2, 0) is 6.54 Å². The lowest BCUT2D eigenvalue weighted by Gasteiger charge is -2.29. The van der Waals surface area contributed by atoms with Gasteiger partial charge in [-0.05, 0) is 56.8 Å². The second kappa shape index (κ2) is 8.73. The van der Waals surface area contributed by atoms with E-state index in [1.54, 1.807) is 0 Å². The number of aryl methyl sites for hydroxylation is 2. The predicted molar refractivity (Wildman–Crippen MR) is 95.2 cm³/mol. The highest BCUT2D eigenvalue weighted by atomic mass is 35.5. The topological polar surface area (TPSA) is 50.1 Å². The Kier molecular flexibility index (Phi) is 7.63. The molecule has 0 bridgehead atoms. The molecule has 0 aliphatic carbocycles. The Hall–Kier alpha value is -0.810. The summed E-state index contributed by atoms with van der Waals surface area (Å²) < 4.78 is 2.21. The first-order valence-electron chi connectivity index (χ1n) is 7.57. The first kappa shape index (κ1) is 19.2. The van der Waals surface area contributed by atoms with Crippen LogP contribution in [0.3, 0.4) is 0 Å². The largest absolute Gasteiger partial charge is 0.392 e. The number of aliphatic hydroxyl groups is 1. The Morgan fingerprint density at radius 1 is 1.36 bits per heavy atom. The molecule has 6 heteroatoms. The number of nitrogens with zero attached hydrogens (tertiary/aromatic N) is 2. The summed E-state index contributed by atoms with van der Waals surface area (Å²) in [6, 6.07) is 6.66. The molecule has 0 amide bonds. The standard InChI is InChI=1S/C16H23N3O.2ClH/c1-12-6-7-15-14(10-12)18-11-19(15)9-3-4-13-16(20)5-2-8-17-13;;/h6-7,10-11,13,16-17,20H,2-5,8-9H2,1H3;2*1H/t13-,16+;;/m1../s1. The summed E-state index contributed by atoms with van der Waals surface area (Å²) in [4.78, 5) is 4.46. The van der Waals surface area contributed by atoms with Crippen LogP contribution in [0.2, 0.25) is 0 Å². The highest BCUT2D eigenvalue weighted by Crippen LogP contribution is 2.17. The quantitative estimate of drug-likeness (QED) is 0.895. The van der Waals surface area contributed by atoms with E-state index in [2.05, 4.69) is 40.0 Å². The fourth-order valence-corrected chi connectivity index (χ4v) is 3.06. The van der Waals surface area contributed by atoms with Crippen molar-refractivity contribution in [2.24, 2.45) is 0 Å². The van der Waals surface area contributed by atoms with Crippen LogP contribution in [-0.4, -0.2) is 33.3 Å². The SMILES string of the molecule is Cc1ccc2c(c1)ncn2CCC[C@H]1NCCC[C@@H]1O.Cl.Cl. The van der Waals surface area contributed by atoms with Gasteiger partial charge in [-0.2, -0.15) is 0 Å². The number of rotatable bonds is 4. The molecular formula is C16H25Cl2N3O. The maximum absolute atomic E-state index is 9.95. The van der Waals surface area contributed by atoms with Crippen molar-refractivity contribution in [3.8, 4) is 0 Å². The van der Waals surface area contributed by atoms with Gasteiger partial charge in [-0.15, -0.1) is 24.8 Å². The van der Waals surface area contributed by atoms with Gasteiger partial charge in [0.1, 0.15) is 0 Å². The van der Waals surface area contributed by atoms with Crippen LogP contribution in [0, 0.1) is 6.92 Å².